The number of fused-ring (bicyclic) bond motifs is 2. The number of hydrogen-bond donors (Lipinski definition) is 1. The van der Waals surface area contributed by atoms with Crippen LogP contribution in [0.3, 0.4) is 0 Å². The highest BCUT2D eigenvalue weighted by molar-refractivity contribution is 8.00. The van der Waals surface area contributed by atoms with Crippen molar-refractivity contribution in [3.05, 3.63) is 66.0 Å². The molecular formula is C23H18N4O2S2. The van der Waals surface area contributed by atoms with E-state index in [-0.39, 0.29) is 18.4 Å². The summed E-state index contributed by atoms with van der Waals surface area (Å²) in [5, 5.41) is 6.04. The molecule has 1 atom stereocenters. The van der Waals surface area contributed by atoms with Gasteiger partial charge in [-0.3, -0.25) is 14.5 Å². The maximum Gasteiger partial charge on any atom is 0.244 e. The second-order valence-corrected chi connectivity index (χ2v) is 9.37. The lowest BCUT2D eigenvalue weighted by atomic mass is 10.2. The molecule has 6 nitrogen and oxygen atoms in total. The number of anilines is 2. The zero-order chi connectivity index (χ0) is 21.4. The van der Waals surface area contributed by atoms with E-state index < -0.39 is 5.25 Å². The summed E-state index contributed by atoms with van der Waals surface area (Å²) in [6, 6.07) is 19.1. The van der Waals surface area contributed by atoms with Crippen LogP contribution in [-0.4, -0.2) is 33.6 Å². The Bertz CT molecular complexity index is 1290. The monoisotopic (exact) mass is 446 g/mol. The van der Waals surface area contributed by atoms with Crippen LogP contribution in [0.4, 0.5) is 11.4 Å². The lowest BCUT2D eigenvalue weighted by molar-refractivity contribution is -0.121. The average Bonchev–Trinajstić information content (AvgIpc) is 3.33. The number of amides is 2. The molecule has 1 aliphatic rings. The molecule has 0 bridgehead atoms. The Morgan fingerprint density at radius 3 is 2.74 bits per heavy atom. The Morgan fingerprint density at radius 1 is 1.10 bits per heavy atom. The van der Waals surface area contributed by atoms with E-state index in [4.69, 9.17) is 9.97 Å². The van der Waals surface area contributed by atoms with Crippen molar-refractivity contribution in [3.63, 3.8) is 0 Å². The van der Waals surface area contributed by atoms with Crippen LogP contribution in [0.1, 0.15) is 6.92 Å². The van der Waals surface area contributed by atoms with Gasteiger partial charge in [0.15, 0.2) is 5.82 Å². The summed E-state index contributed by atoms with van der Waals surface area (Å²) >= 11 is 2.97. The van der Waals surface area contributed by atoms with E-state index >= 15 is 0 Å². The van der Waals surface area contributed by atoms with E-state index in [2.05, 4.69) is 5.32 Å². The van der Waals surface area contributed by atoms with Crippen molar-refractivity contribution in [2.45, 2.75) is 17.2 Å². The van der Waals surface area contributed by atoms with E-state index in [9.17, 15) is 9.59 Å². The van der Waals surface area contributed by atoms with Crippen molar-refractivity contribution in [1.29, 1.82) is 0 Å². The zero-order valence-electron chi connectivity index (χ0n) is 16.6. The third-order valence-electron chi connectivity index (χ3n) is 4.98. The molecule has 4 aromatic rings. The van der Waals surface area contributed by atoms with Crippen LogP contribution in [0.15, 0.2) is 71.1 Å². The number of thioether (sulfide) groups is 1. The Labute approximate surface area is 187 Å². The fourth-order valence-corrected chi connectivity index (χ4v) is 5.18. The van der Waals surface area contributed by atoms with Gasteiger partial charge in [-0.25, -0.2) is 9.97 Å². The van der Waals surface area contributed by atoms with Crippen LogP contribution in [0.2, 0.25) is 0 Å². The predicted octanol–water partition coefficient (Wildman–Crippen LogP) is 4.82. The molecule has 0 aliphatic carbocycles. The number of thiophene rings is 1. The summed E-state index contributed by atoms with van der Waals surface area (Å²) in [4.78, 5) is 37.5. The van der Waals surface area contributed by atoms with Gasteiger partial charge >= 0.3 is 0 Å². The van der Waals surface area contributed by atoms with Crippen molar-refractivity contribution in [2.24, 2.45) is 0 Å². The van der Waals surface area contributed by atoms with Crippen molar-refractivity contribution < 1.29 is 9.59 Å². The van der Waals surface area contributed by atoms with Crippen LogP contribution < -0.4 is 10.2 Å². The molecule has 1 N–H and O–H groups in total. The fraction of sp³-hybridized carbons (Fsp3) is 0.130. The van der Waals surface area contributed by atoms with Gasteiger partial charge in [0.1, 0.15) is 11.6 Å². The first-order valence-corrected chi connectivity index (χ1v) is 11.5. The minimum atomic E-state index is -0.437. The molecule has 0 saturated carbocycles. The Hall–Kier alpha value is -3.23. The number of hydrogen-bond acceptors (Lipinski definition) is 6. The standard InChI is InChI=1S/C23H18N4O2S2/c1-14(23(29)27-13-20(28)24-17-9-4-5-10-18(17)27)31-22-15-7-2-3-8-16(15)25-21(26-22)19-11-6-12-30-19/h2-12,14H,13H2,1H3,(H,24,28). The molecule has 1 unspecified atom stereocenters. The van der Waals surface area contributed by atoms with E-state index in [0.717, 1.165) is 20.8 Å². The van der Waals surface area contributed by atoms with Gasteiger partial charge < -0.3 is 5.32 Å². The second kappa shape index (κ2) is 8.13. The number of aromatic nitrogens is 2. The lowest BCUT2D eigenvalue weighted by Crippen LogP contribution is -2.45. The number of nitrogens with one attached hydrogen (secondary N) is 1. The number of carbonyl (C=O) groups is 2. The van der Waals surface area contributed by atoms with E-state index in [1.54, 1.807) is 22.3 Å². The normalized spacial score (nSPS) is 14.2. The number of carbonyl (C=O) groups excluding carboxylic acids is 2. The molecule has 0 radical (unpaired) electrons. The average molecular weight is 447 g/mol. The van der Waals surface area contributed by atoms with Gasteiger partial charge in [-0.2, -0.15) is 0 Å². The van der Waals surface area contributed by atoms with Crippen LogP contribution in [0.5, 0.6) is 0 Å². The molecule has 1 aliphatic heterocycles. The highest BCUT2D eigenvalue weighted by Crippen LogP contribution is 2.35. The van der Waals surface area contributed by atoms with Crippen LogP contribution in [-0.2, 0) is 9.59 Å². The predicted molar refractivity (Wildman–Crippen MR) is 126 cm³/mol. The van der Waals surface area contributed by atoms with Crippen molar-refractivity contribution in [2.75, 3.05) is 16.8 Å². The molecule has 0 saturated heterocycles. The molecular weight excluding hydrogens is 428 g/mol. The van der Waals surface area contributed by atoms with E-state index in [1.165, 1.54) is 11.8 Å². The maximum atomic E-state index is 13.3. The van der Waals surface area contributed by atoms with E-state index in [0.29, 0.717) is 17.2 Å². The largest absolute Gasteiger partial charge is 0.323 e. The Morgan fingerprint density at radius 2 is 1.90 bits per heavy atom. The highest BCUT2D eigenvalue weighted by atomic mass is 32.2. The first-order valence-electron chi connectivity index (χ1n) is 9.78. The van der Waals surface area contributed by atoms with Crippen molar-refractivity contribution in [1.82, 2.24) is 9.97 Å². The lowest BCUT2D eigenvalue weighted by Gasteiger charge is -2.30. The van der Waals surface area contributed by atoms with Crippen molar-refractivity contribution in [3.8, 4) is 10.7 Å². The topological polar surface area (TPSA) is 75.2 Å². The maximum absolute atomic E-state index is 13.3. The van der Waals surface area contributed by atoms with Crippen LogP contribution in [0, 0.1) is 0 Å². The van der Waals surface area contributed by atoms with Gasteiger partial charge in [-0.15, -0.1) is 11.3 Å². The quantitative estimate of drug-likeness (QED) is 0.359. The zero-order valence-corrected chi connectivity index (χ0v) is 18.2. The Kier molecular flexibility index (Phi) is 5.17. The molecule has 0 spiro atoms. The first kappa shape index (κ1) is 19.7. The molecule has 3 heterocycles. The smallest absolute Gasteiger partial charge is 0.244 e. The van der Waals surface area contributed by atoms with Gasteiger partial charge in [0.05, 0.1) is 27.0 Å². The summed E-state index contributed by atoms with van der Waals surface area (Å²) in [5.41, 5.74) is 2.20. The SMILES string of the molecule is CC(Sc1nc(-c2cccs2)nc2ccccc12)C(=O)N1CC(=O)Nc2ccccc21. The van der Waals surface area contributed by atoms with Gasteiger partial charge in [-0.05, 0) is 36.6 Å². The molecule has 5 rings (SSSR count). The second-order valence-electron chi connectivity index (χ2n) is 7.10. The fourth-order valence-electron chi connectivity index (χ4n) is 3.52. The van der Waals surface area contributed by atoms with E-state index in [1.807, 2.05) is 66.9 Å². The molecule has 2 aromatic heterocycles. The van der Waals surface area contributed by atoms with Gasteiger partial charge in [-0.1, -0.05) is 48.2 Å². The number of rotatable bonds is 4. The van der Waals surface area contributed by atoms with Crippen LogP contribution in [0.25, 0.3) is 21.6 Å². The van der Waals surface area contributed by atoms with Gasteiger partial charge in [0, 0.05) is 5.39 Å². The number of benzene rings is 2. The minimum Gasteiger partial charge on any atom is -0.323 e. The minimum absolute atomic E-state index is 0.00567. The molecule has 2 amide bonds. The van der Waals surface area contributed by atoms with Crippen LogP contribution >= 0.6 is 23.1 Å². The first-order chi connectivity index (χ1) is 15.1. The summed E-state index contributed by atoms with van der Waals surface area (Å²) in [6.07, 6.45) is 0. The van der Waals surface area contributed by atoms with Crippen molar-refractivity contribution >= 4 is 57.2 Å². The molecule has 8 heteroatoms. The summed E-state index contributed by atoms with van der Waals surface area (Å²) in [6.45, 7) is 1.86. The van der Waals surface area contributed by atoms with Gasteiger partial charge in [0.25, 0.3) is 0 Å². The summed E-state index contributed by atoms with van der Waals surface area (Å²) in [7, 11) is 0. The molecule has 0 fully saturated rings. The summed E-state index contributed by atoms with van der Waals surface area (Å²) in [5.74, 6) is 0.322. The molecule has 31 heavy (non-hydrogen) atoms. The molecule has 154 valence electrons. The summed E-state index contributed by atoms with van der Waals surface area (Å²) < 4.78 is 0. The number of para-hydroxylation sites is 3. The van der Waals surface area contributed by atoms with Gasteiger partial charge in [0.2, 0.25) is 11.8 Å². The third kappa shape index (κ3) is 3.80. The highest BCUT2D eigenvalue weighted by Gasteiger charge is 2.30. The Balaban J connectivity index is 1.49. The molecule has 2 aromatic carbocycles. The third-order valence-corrected chi connectivity index (χ3v) is 6.94. The number of nitrogens with zero attached hydrogens (tertiary/aromatic N) is 3.